The van der Waals surface area contributed by atoms with Crippen molar-refractivity contribution in [2.24, 2.45) is 7.05 Å². The van der Waals surface area contributed by atoms with Crippen LogP contribution < -0.4 is 20.6 Å². The van der Waals surface area contributed by atoms with E-state index in [2.05, 4.69) is 39.9 Å². The standard InChI is InChI=1S/C36H45FN6O6Si/c1-35(2,3)48-33(45)39-28-27-29(42(7)32(44)38-28)40-31(41-30(27)47-21-22-50(8,9)10)43(34(46)49-36(4,5)6)26-19-15-24(16-20-26)12-11-23-13-17-25(37)18-14-23/h11-20H,21-22H2,1-10H3,(H,38,39,44,45)/b12-11+. The molecule has 4 rings (SSSR count). The van der Waals surface area contributed by atoms with Gasteiger partial charge >= 0.3 is 17.9 Å². The van der Waals surface area contributed by atoms with Gasteiger partial charge in [-0.15, -0.1) is 0 Å². The smallest absolute Gasteiger partial charge is 0.421 e. The van der Waals surface area contributed by atoms with E-state index < -0.39 is 37.2 Å². The summed E-state index contributed by atoms with van der Waals surface area (Å²) in [5.74, 6) is -0.590. The van der Waals surface area contributed by atoms with E-state index in [0.29, 0.717) is 5.69 Å². The average molecular weight is 705 g/mol. The number of rotatable bonds is 9. The number of hydrogen-bond donors (Lipinski definition) is 1. The summed E-state index contributed by atoms with van der Waals surface area (Å²) in [4.78, 5) is 54.4. The number of carbonyl (C=O) groups excluding carboxylic acids is 2. The number of aromatic nitrogens is 4. The highest BCUT2D eigenvalue weighted by Crippen LogP contribution is 2.34. The van der Waals surface area contributed by atoms with Crippen molar-refractivity contribution in [2.45, 2.75) is 78.4 Å². The third-order valence-corrected chi connectivity index (χ3v) is 8.57. The summed E-state index contributed by atoms with van der Waals surface area (Å²) >= 11 is 0. The van der Waals surface area contributed by atoms with Crippen LogP contribution in [0.5, 0.6) is 5.88 Å². The van der Waals surface area contributed by atoms with Crippen LogP contribution in [-0.2, 0) is 16.5 Å². The first-order chi connectivity index (χ1) is 23.2. The number of hydrogen-bond acceptors (Lipinski definition) is 9. The summed E-state index contributed by atoms with van der Waals surface area (Å²) in [7, 11) is -0.100. The highest BCUT2D eigenvalue weighted by Gasteiger charge is 2.30. The lowest BCUT2D eigenvalue weighted by molar-refractivity contribution is 0.0594. The second-order valence-corrected chi connectivity index (χ2v) is 20.5. The van der Waals surface area contributed by atoms with Crippen molar-refractivity contribution in [3.05, 3.63) is 76.0 Å². The summed E-state index contributed by atoms with van der Waals surface area (Å²) in [6.07, 6.45) is 2.09. The van der Waals surface area contributed by atoms with Gasteiger partial charge in [0.2, 0.25) is 11.8 Å². The normalized spacial score (nSPS) is 12.2. The topological polar surface area (TPSA) is 138 Å². The lowest BCUT2D eigenvalue weighted by Crippen LogP contribution is -2.35. The van der Waals surface area contributed by atoms with Gasteiger partial charge in [-0.05, 0) is 83.0 Å². The van der Waals surface area contributed by atoms with Crippen LogP contribution in [0.15, 0.2) is 53.3 Å². The number of benzene rings is 2. The van der Waals surface area contributed by atoms with E-state index in [-0.39, 0.29) is 41.1 Å². The molecule has 1 N–H and O–H groups in total. The van der Waals surface area contributed by atoms with Crippen LogP contribution >= 0.6 is 0 Å². The molecule has 0 aliphatic rings. The minimum atomic E-state index is -1.57. The third-order valence-electron chi connectivity index (χ3n) is 6.87. The molecule has 0 saturated heterocycles. The van der Waals surface area contributed by atoms with Crippen molar-refractivity contribution in [1.29, 1.82) is 0 Å². The van der Waals surface area contributed by atoms with Gasteiger partial charge in [0.1, 0.15) is 22.4 Å². The number of aryl methyl sites for hydroxylation is 1. The van der Waals surface area contributed by atoms with E-state index in [0.717, 1.165) is 17.2 Å². The van der Waals surface area contributed by atoms with E-state index >= 15 is 0 Å². The zero-order valence-electron chi connectivity index (χ0n) is 30.3. The Bertz CT molecular complexity index is 1940. The first-order valence-electron chi connectivity index (χ1n) is 16.2. The Kier molecular flexibility index (Phi) is 11.1. The first-order valence-corrected chi connectivity index (χ1v) is 19.9. The first kappa shape index (κ1) is 37.7. The maximum absolute atomic E-state index is 13.9. The molecule has 0 unspecified atom stereocenters. The Morgan fingerprint density at radius 1 is 0.880 bits per heavy atom. The molecule has 2 heterocycles. The Hall–Kier alpha value is -5.11. The molecule has 266 valence electrons. The SMILES string of the molecule is Cn1c(=O)nc(NC(=O)OC(C)(C)C)c2c(OCC[Si](C)(C)C)nc(N(C(=O)OC(C)(C)C)c3ccc(/C=C/c4ccc(F)cc4)cc3)nc21. The fourth-order valence-corrected chi connectivity index (χ4v) is 5.16. The fraction of sp³-hybridized carbons (Fsp3) is 0.389. The second-order valence-electron chi connectivity index (χ2n) is 14.9. The molecular weight excluding hydrogens is 660 g/mol. The quantitative estimate of drug-likeness (QED) is 0.135. The van der Waals surface area contributed by atoms with Gasteiger partial charge in [0.15, 0.2) is 11.5 Å². The maximum atomic E-state index is 13.9. The molecule has 50 heavy (non-hydrogen) atoms. The summed E-state index contributed by atoms with van der Waals surface area (Å²) in [6.45, 7) is 17.2. The summed E-state index contributed by atoms with van der Waals surface area (Å²) < 4.78 is 32.0. The van der Waals surface area contributed by atoms with Gasteiger partial charge < -0.3 is 14.2 Å². The predicted octanol–water partition coefficient (Wildman–Crippen LogP) is 8.17. The predicted molar refractivity (Wildman–Crippen MR) is 196 cm³/mol. The van der Waals surface area contributed by atoms with Crippen molar-refractivity contribution in [3.63, 3.8) is 0 Å². The number of anilines is 3. The highest BCUT2D eigenvalue weighted by molar-refractivity contribution is 6.76. The number of nitrogens with zero attached hydrogens (tertiary/aromatic N) is 5. The van der Waals surface area contributed by atoms with Crippen molar-refractivity contribution in [1.82, 2.24) is 19.5 Å². The van der Waals surface area contributed by atoms with Crippen LogP contribution in [0.1, 0.15) is 52.7 Å². The molecule has 14 heteroatoms. The van der Waals surface area contributed by atoms with E-state index in [1.807, 2.05) is 12.2 Å². The van der Waals surface area contributed by atoms with Gasteiger partial charge in [-0.2, -0.15) is 15.0 Å². The number of amides is 2. The minimum absolute atomic E-state index is 0.00446. The summed E-state index contributed by atoms with van der Waals surface area (Å²) in [5.41, 5.74) is -0.362. The third kappa shape index (κ3) is 10.4. The van der Waals surface area contributed by atoms with Gasteiger partial charge in [-0.1, -0.05) is 56.1 Å². The zero-order chi connectivity index (χ0) is 37.0. The lowest BCUT2D eigenvalue weighted by Gasteiger charge is -2.27. The molecule has 0 aliphatic heterocycles. The van der Waals surface area contributed by atoms with Crippen LogP contribution in [0.2, 0.25) is 25.7 Å². The van der Waals surface area contributed by atoms with Gasteiger partial charge in [0.05, 0.1) is 12.3 Å². The molecule has 4 aromatic rings. The molecule has 2 amide bonds. The molecule has 0 radical (unpaired) electrons. The van der Waals surface area contributed by atoms with Crippen molar-refractivity contribution >= 4 is 60.9 Å². The summed E-state index contributed by atoms with van der Waals surface area (Å²) in [5, 5.41) is 2.71. The minimum Gasteiger partial charge on any atom is -0.477 e. The fourth-order valence-electron chi connectivity index (χ4n) is 4.45. The Balaban J connectivity index is 1.87. The molecular formula is C36H45FN6O6Si. The number of fused-ring (bicyclic) bond motifs is 1. The van der Waals surface area contributed by atoms with Crippen LogP contribution in [0.4, 0.5) is 31.4 Å². The molecule has 0 atom stereocenters. The van der Waals surface area contributed by atoms with Crippen molar-refractivity contribution in [3.8, 4) is 5.88 Å². The number of halogens is 1. The van der Waals surface area contributed by atoms with Crippen LogP contribution in [-0.4, -0.2) is 57.6 Å². The van der Waals surface area contributed by atoms with Gasteiger partial charge in [-0.25, -0.2) is 23.7 Å². The Labute approximate surface area is 292 Å². The van der Waals surface area contributed by atoms with E-state index in [4.69, 9.17) is 14.2 Å². The summed E-state index contributed by atoms with van der Waals surface area (Å²) in [6, 6.07) is 13.9. The van der Waals surface area contributed by atoms with Crippen LogP contribution in [0, 0.1) is 5.82 Å². The van der Waals surface area contributed by atoms with Crippen molar-refractivity contribution in [2.75, 3.05) is 16.8 Å². The monoisotopic (exact) mass is 704 g/mol. The largest absolute Gasteiger partial charge is 0.477 e. The van der Waals surface area contributed by atoms with Crippen molar-refractivity contribution < 1.29 is 28.2 Å². The molecule has 2 aromatic carbocycles. The lowest BCUT2D eigenvalue weighted by atomic mass is 10.1. The molecule has 0 bridgehead atoms. The zero-order valence-corrected chi connectivity index (χ0v) is 31.3. The molecule has 2 aromatic heterocycles. The Morgan fingerprint density at radius 3 is 1.98 bits per heavy atom. The number of nitrogens with one attached hydrogen (secondary N) is 1. The number of ether oxygens (including phenoxy) is 3. The van der Waals surface area contributed by atoms with Crippen LogP contribution in [0.3, 0.4) is 0 Å². The van der Waals surface area contributed by atoms with E-state index in [9.17, 15) is 18.8 Å². The van der Waals surface area contributed by atoms with Gasteiger partial charge in [0.25, 0.3) is 0 Å². The van der Waals surface area contributed by atoms with E-state index in [1.54, 1.807) is 77.9 Å². The molecule has 0 spiro atoms. The van der Waals surface area contributed by atoms with Crippen LogP contribution in [0.25, 0.3) is 23.2 Å². The Morgan fingerprint density at radius 2 is 1.44 bits per heavy atom. The average Bonchev–Trinajstić information content (AvgIpc) is 2.97. The highest BCUT2D eigenvalue weighted by atomic mass is 28.3. The number of carbonyl (C=O) groups is 2. The maximum Gasteiger partial charge on any atom is 0.421 e. The molecule has 0 fully saturated rings. The molecule has 0 saturated carbocycles. The van der Waals surface area contributed by atoms with E-state index in [1.165, 1.54) is 28.6 Å². The van der Waals surface area contributed by atoms with Gasteiger partial charge in [-0.3, -0.25) is 9.88 Å². The molecule has 0 aliphatic carbocycles. The second kappa shape index (κ2) is 14.8. The van der Waals surface area contributed by atoms with Gasteiger partial charge in [0, 0.05) is 15.1 Å². The molecule has 12 nitrogen and oxygen atoms in total.